The van der Waals surface area contributed by atoms with Crippen LogP contribution in [0.1, 0.15) is 19.4 Å². The zero-order valence-corrected chi connectivity index (χ0v) is 14.2. The van der Waals surface area contributed by atoms with E-state index in [0.717, 1.165) is 31.1 Å². The first-order valence-corrected chi connectivity index (χ1v) is 8.31. The van der Waals surface area contributed by atoms with Crippen molar-refractivity contribution in [3.8, 4) is 17.6 Å². The predicted octanol–water partition coefficient (Wildman–Crippen LogP) is 1.65. The summed E-state index contributed by atoms with van der Waals surface area (Å²) in [5, 5.41) is 9.11. The molecule has 0 bridgehead atoms. The lowest BCUT2D eigenvalue weighted by molar-refractivity contribution is -0.139. The minimum Gasteiger partial charge on any atom is -0.486 e. The van der Waals surface area contributed by atoms with E-state index in [1.165, 1.54) is 5.56 Å². The summed E-state index contributed by atoms with van der Waals surface area (Å²) in [4.78, 5) is 16.4. The van der Waals surface area contributed by atoms with Gasteiger partial charge in [-0.25, -0.2) is 0 Å². The molecule has 0 aromatic heterocycles. The van der Waals surface area contributed by atoms with Gasteiger partial charge in [0.2, 0.25) is 5.91 Å². The van der Waals surface area contributed by atoms with Gasteiger partial charge in [-0.3, -0.25) is 9.69 Å². The third-order valence-corrected chi connectivity index (χ3v) is 4.49. The summed E-state index contributed by atoms with van der Waals surface area (Å²) >= 11 is 0. The van der Waals surface area contributed by atoms with E-state index in [0.29, 0.717) is 26.3 Å². The number of carbonyl (C=O) groups is 1. The number of nitrogens with zero attached hydrogens (tertiary/aromatic N) is 3. The Morgan fingerprint density at radius 1 is 1.17 bits per heavy atom. The molecule has 0 aliphatic carbocycles. The van der Waals surface area contributed by atoms with E-state index in [9.17, 15) is 4.79 Å². The van der Waals surface area contributed by atoms with E-state index in [-0.39, 0.29) is 5.91 Å². The molecule has 1 fully saturated rings. The highest BCUT2D eigenvalue weighted by Gasteiger charge is 2.33. The van der Waals surface area contributed by atoms with Gasteiger partial charge in [-0.2, -0.15) is 5.26 Å². The Bertz CT molecular complexity index is 658. The lowest BCUT2D eigenvalue weighted by Crippen LogP contribution is -2.51. The lowest BCUT2D eigenvalue weighted by Gasteiger charge is -2.37. The van der Waals surface area contributed by atoms with Crippen molar-refractivity contribution in [2.45, 2.75) is 20.4 Å². The second kappa shape index (κ2) is 6.70. The van der Waals surface area contributed by atoms with Gasteiger partial charge in [0, 0.05) is 32.7 Å². The summed E-state index contributed by atoms with van der Waals surface area (Å²) in [7, 11) is 0. The highest BCUT2D eigenvalue weighted by molar-refractivity contribution is 5.84. The van der Waals surface area contributed by atoms with Crippen molar-refractivity contribution in [1.29, 1.82) is 5.26 Å². The van der Waals surface area contributed by atoms with E-state index < -0.39 is 5.41 Å². The van der Waals surface area contributed by atoms with Crippen LogP contribution in [-0.4, -0.2) is 55.1 Å². The summed E-state index contributed by atoms with van der Waals surface area (Å²) in [5.74, 6) is 1.53. The maximum Gasteiger partial charge on any atom is 0.242 e. The Kier molecular flexibility index (Phi) is 4.63. The van der Waals surface area contributed by atoms with Crippen LogP contribution in [0.5, 0.6) is 11.5 Å². The average Bonchev–Trinajstić information content (AvgIpc) is 2.61. The number of piperazine rings is 1. The molecule has 128 valence electrons. The van der Waals surface area contributed by atoms with Crippen LogP contribution < -0.4 is 9.47 Å². The molecule has 1 aromatic rings. The summed E-state index contributed by atoms with van der Waals surface area (Å²) in [6.07, 6.45) is 0. The first-order chi connectivity index (χ1) is 11.5. The number of ether oxygens (including phenoxy) is 2. The van der Waals surface area contributed by atoms with E-state index >= 15 is 0 Å². The molecule has 2 heterocycles. The molecule has 0 radical (unpaired) electrons. The molecular formula is C18H23N3O3. The number of hydrogen-bond donors (Lipinski definition) is 0. The maximum atomic E-state index is 12.3. The fourth-order valence-electron chi connectivity index (χ4n) is 3.00. The van der Waals surface area contributed by atoms with Crippen molar-refractivity contribution in [1.82, 2.24) is 9.80 Å². The maximum absolute atomic E-state index is 12.3. The van der Waals surface area contributed by atoms with Gasteiger partial charge in [0.1, 0.15) is 18.6 Å². The Balaban J connectivity index is 1.56. The van der Waals surface area contributed by atoms with Crippen molar-refractivity contribution in [2.24, 2.45) is 5.41 Å². The van der Waals surface area contributed by atoms with Gasteiger partial charge in [-0.05, 0) is 31.5 Å². The van der Waals surface area contributed by atoms with Crippen LogP contribution in [0, 0.1) is 16.7 Å². The van der Waals surface area contributed by atoms with Crippen molar-refractivity contribution in [3.63, 3.8) is 0 Å². The van der Waals surface area contributed by atoms with Gasteiger partial charge >= 0.3 is 0 Å². The van der Waals surface area contributed by atoms with Crippen LogP contribution in [0.15, 0.2) is 18.2 Å². The predicted molar refractivity (Wildman–Crippen MR) is 88.7 cm³/mol. The highest BCUT2D eigenvalue weighted by atomic mass is 16.6. The Labute approximate surface area is 142 Å². The number of hydrogen-bond acceptors (Lipinski definition) is 5. The van der Waals surface area contributed by atoms with Crippen LogP contribution in [-0.2, 0) is 11.3 Å². The average molecular weight is 329 g/mol. The molecule has 0 unspecified atom stereocenters. The van der Waals surface area contributed by atoms with Gasteiger partial charge in [-0.1, -0.05) is 6.07 Å². The minimum absolute atomic E-state index is 0.0796. The van der Waals surface area contributed by atoms with Crippen LogP contribution >= 0.6 is 0 Å². The largest absolute Gasteiger partial charge is 0.486 e. The number of nitriles is 1. The molecule has 1 aromatic carbocycles. The van der Waals surface area contributed by atoms with E-state index in [1.54, 1.807) is 18.7 Å². The number of benzene rings is 1. The van der Waals surface area contributed by atoms with Crippen LogP contribution in [0.25, 0.3) is 0 Å². The first kappa shape index (κ1) is 16.6. The Morgan fingerprint density at radius 2 is 1.83 bits per heavy atom. The normalized spacial score (nSPS) is 18.1. The van der Waals surface area contributed by atoms with Crippen molar-refractivity contribution < 1.29 is 14.3 Å². The minimum atomic E-state index is -0.946. The summed E-state index contributed by atoms with van der Waals surface area (Å²) in [6.45, 7) is 8.30. The Morgan fingerprint density at radius 3 is 2.50 bits per heavy atom. The summed E-state index contributed by atoms with van der Waals surface area (Å²) < 4.78 is 11.2. The number of carbonyl (C=O) groups excluding carboxylic acids is 1. The molecule has 3 rings (SSSR count). The van der Waals surface area contributed by atoms with Crippen LogP contribution in [0.3, 0.4) is 0 Å². The molecule has 24 heavy (non-hydrogen) atoms. The van der Waals surface area contributed by atoms with E-state index in [1.807, 2.05) is 12.1 Å². The number of fused-ring (bicyclic) bond motifs is 1. The quantitative estimate of drug-likeness (QED) is 0.844. The standard InChI is InChI=1S/C18H23N3O3/c1-18(2,13-19)17(22)21-7-5-20(6-8-21)12-14-3-4-15-16(11-14)24-10-9-23-15/h3-4,11H,5-10,12H2,1-2H3. The van der Waals surface area contributed by atoms with Gasteiger partial charge in [0.25, 0.3) is 0 Å². The lowest BCUT2D eigenvalue weighted by atomic mass is 9.93. The summed E-state index contributed by atoms with van der Waals surface area (Å²) in [6, 6.07) is 8.14. The third-order valence-electron chi connectivity index (χ3n) is 4.49. The van der Waals surface area contributed by atoms with Crippen molar-refractivity contribution in [3.05, 3.63) is 23.8 Å². The second-order valence-corrected chi connectivity index (χ2v) is 6.78. The fourth-order valence-corrected chi connectivity index (χ4v) is 3.00. The number of amides is 1. The van der Waals surface area contributed by atoms with Gasteiger partial charge < -0.3 is 14.4 Å². The number of rotatable bonds is 3. The Hall–Kier alpha value is -2.26. The topological polar surface area (TPSA) is 65.8 Å². The molecule has 6 nitrogen and oxygen atoms in total. The zero-order valence-electron chi connectivity index (χ0n) is 14.2. The third kappa shape index (κ3) is 3.46. The molecule has 2 aliphatic heterocycles. The molecule has 1 amide bonds. The molecule has 0 saturated carbocycles. The summed E-state index contributed by atoms with van der Waals surface area (Å²) in [5.41, 5.74) is 0.231. The molecule has 1 saturated heterocycles. The molecule has 0 N–H and O–H groups in total. The fraction of sp³-hybridized carbons (Fsp3) is 0.556. The van der Waals surface area contributed by atoms with Crippen LogP contribution in [0.2, 0.25) is 0 Å². The smallest absolute Gasteiger partial charge is 0.242 e. The molecular weight excluding hydrogens is 306 g/mol. The first-order valence-electron chi connectivity index (χ1n) is 8.31. The van der Waals surface area contributed by atoms with Gasteiger partial charge in [0.05, 0.1) is 6.07 Å². The monoisotopic (exact) mass is 329 g/mol. The van der Waals surface area contributed by atoms with Gasteiger partial charge in [0.15, 0.2) is 11.5 Å². The zero-order chi connectivity index (χ0) is 17.2. The van der Waals surface area contributed by atoms with E-state index in [4.69, 9.17) is 14.7 Å². The highest BCUT2D eigenvalue weighted by Crippen LogP contribution is 2.31. The van der Waals surface area contributed by atoms with Crippen molar-refractivity contribution in [2.75, 3.05) is 39.4 Å². The molecule has 6 heteroatoms. The molecule has 0 spiro atoms. The van der Waals surface area contributed by atoms with Gasteiger partial charge in [-0.15, -0.1) is 0 Å². The molecule has 2 aliphatic rings. The van der Waals surface area contributed by atoms with Crippen LogP contribution in [0.4, 0.5) is 0 Å². The van der Waals surface area contributed by atoms with Crippen molar-refractivity contribution >= 4 is 5.91 Å². The second-order valence-electron chi connectivity index (χ2n) is 6.78. The molecule has 0 atom stereocenters. The van der Waals surface area contributed by atoms with E-state index in [2.05, 4.69) is 17.0 Å². The SMILES string of the molecule is CC(C)(C#N)C(=O)N1CCN(Cc2ccc3c(c2)OCCO3)CC1.